The van der Waals surface area contributed by atoms with Crippen molar-refractivity contribution in [2.45, 2.75) is 25.3 Å². The predicted octanol–water partition coefficient (Wildman–Crippen LogP) is 2.59. The van der Waals surface area contributed by atoms with Crippen molar-refractivity contribution in [1.82, 2.24) is 10.2 Å². The number of benzene rings is 1. The molecule has 0 amide bonds. The summed E-state index contributed by atoms with van der Waals surface area (Å²) in [4.78, 5) is 2.40. The van der Waals surface area contributed by atoms with Crippen LogP contribution in [-0.2, 0) is 0 Å². The lowest BCUT2D eigenvalue weighted by Crippen LogP contribution is -2.45. The molecular formula is C17H25FN2O2. The molecule has 22 heavy (non-hydrogen) atoms. The summed E-state index contributed by atoms with van der Waals surface area (Å²) in [5.74, 6) is 1.61. The van der Waals surface area contributed by atoms with Gasteiger partial charge in [0.25, 0.3) is 0 Å². The molecule has 1 aliphatic carbocycles. The van der Waals surface area contributed by atoms with E-state index in [-0.39, 0.29) is 11.9 Å². The van der Waals surface area contributed by atoms with E-state index in [9.17, 15) is 4.39 Å². The first-order chi connectivity index (χ1) is 10.7. The van der Waals surface area contributed by atoms with Crippen LogP contribution < -0.4 is 14.8 Å². The second-order valence-corrected chi connectivity index (χ2v) is 6.21. The molecule has 1 saturated heterocycles. The lowest BCUT2D eigenvalue weighted by molar-refractivity contribution is 0.157. The number of ether oxygens (including phenoxy) is 2. The molecule has 2 fully saturated rings. The number of piperazine rings is 1. The number of hydrogen-bond donors (Lipinski definition) is 1. The van der Waals surface area contributed by atoms with Crippen molar-refractivity contribution in [3.63, 3.8) is 0 Å². The number of nitrogens with one attached hydrogen (secondary N) is 1. The molecule has 1 aliphatic heterocycles. The van der Waals surface area contributed by atoms with E-state index in [4.69, 9.17) is 9.47 Å². The van der Waals surface area contributed by atoms with E-state index in [1.807, 2.05) is 6.07 Å². The molecule has 1 atom stereocenters. The summed E-state index contributed by atoms with van der Waals surface area (Å²) in [7, 11) is 3.13. The summed E-state index contributed by atoms with van der Waals surface area (Å²) in [6.07, 6.45) is 3.58. The van der Waals surface area contributed by atoms with Crippen molar-refractivity contribution >= 4 is 0 Å². The highest BCUT2D eigenvalue weighted by atomic mass is 19.1. The van der Waals surface area contributed by atoms with Crippen LogP contribution in [0.4, 0.5) is 4.39 Å². The first-order valence-electron chi connectivity index (χ1n) is 8.09. The Labute approximate surface area is 131 Å². The van der Waals surface area contributed by atoms with Crippen LogP contribution in [0.1, 0.15) is 30.9 Å². The monoisotopic (exact) mass is 308 g/mol. The van der Waals surface area contributed by atoms with Gasteiger partial charge in [-0.05, 0) is 18.4 Å². The van der Waals surface area contributed by atoms with E-state index in [2.05, 4.69) is 10.2 Å². The van der Waals surface area contributed by atoms with Crippen molar-refractivity contribution in [3.8, 4) is 11.5 Å². The largest absolute Gasteiger partial charge is 0.493 e. The highest BCUT2D eigenvalue weighted by Crippen LogP contribution is 2.42. The van der Waals surface area contributed by atoms with Crippen molar-refractivity contribution < 1.29 is 13.9 Å². The minimum atomic E-state index is -0.193. The van der Waals surface area contributed by atoms with Gasteiger partial charge in [-0.15, -0.1) is 0 Å². The van der Waals surface area contributed by atoms with E-state index < -0.39 is 0 Å². The third-order valence-corrected chi connectivity index (χ3v) is 4.71. The topological polar surface area (TPSA) is 33.7 Å². The Kier molecular flexibility index (Phi) is 4.84. The van der Waals surface area contributed by atoms with Crippen LogP contribution in [0.25, 0.3) is 0 Å². The van der Waals surface area contributed by atoms with Crippen LogP contribution in [0.5, 0.6) is 11.5 Å². The van der Waals surface area contributed by atoms with Gasteiger partial charge >= 0.3 is 0 Å². The molecule has 0 radical (unpaired) electrons. The van der Waals surface area contributed by atoms with Crippen LogP contribution in [0.3, 0.4) is 0 Å². The summed E-state index contributed by atoms with van der Waals surface area (Å²) in [6, 6.07) is 3.41. The molecule has 2 aliphatic rings. The maximum absolute atomic E-state index is 14.7. The average Bonchev–Trinajstić information content (AvgIpc) is 3.37. The highest BCUT2D eigenvalue weighted by molar-refractivity contribution is 5.44. The maximum Gasteiger partial charge on any atom is 0.163 e. The molecule has 122 valence electrons. The molecule has 1 aromatic rings. The van der Waals surface area contributed by atoms with Crippen molar-refractivity contribution in [2.24, 2.45) is 5.92 Å². The summed E-state index contributed by atoms with van der Waals surface area (Å²) in [5.41, 5.74) is 0.742. The zero-order valence-corrected chi connectivity index (χ0v) is 13.4. The Hall–Kier alpha value is -1.33. The molecule has 1 aromatic carbocycles. The minimum Gasteiger partial charge on any atom is -0.493 e. The van der Waals surface area contributed by atoms with Gasteiger partial charge in [0.05, 0.1) is 14.2 Å². The fourth-order valence-electron chi connectivity index (χ4n) is 3.26. The Morgan fingerprint density at radius 2 is 1.82 bits per heavy atom. The summed E-state index contributed by atoms with van der Waals surface area (Å²) in [6.45, 7) is 3.86. The molecule has 1 saturated carbocycles. The van der Waals surface area contributed by atoms with Crippen LogP contribution in [0, 0.1) is 11.7 Å². The molecule has 0 spiro atoms. The van der Waals surface area contributed by atoms with E-state index in [0.717, 1.165) is 44.1 Å². The number of hydrogen-bond acceptors (Lipinski definition) is 4. The number of nitrogens with zero attached hydrogens (tertiary/aromatic N) is 1. The van der Waals surface area contributed by atoms with Gasteiger partial charge in [0.2, 0.25) is 0 Å². The van der Waals surface area contributed by atoms with E-state index >= 15 is 0 Å². The quantitative estimate of drug-likeness (QED) is 0.876. The molecule has 0 aromatic heterocycles. The predicted molar refractivity (Wildman–Crippen MR) is 84.0 cm³/mol. The molecule has 3 rings (SSSR count). The second-order valence-electron chi connectivity index (χ2n) is 6.21. The van der Waals surface area contributed by atoms with Gasteiger partial charge in [-0.1, -0.05) is 12.8 Å². The lowest BCUT2D eigenvalue weighted by atomic mass is 9.97. The van der Waals surface area contributed by atoms with Gasteiger partial charge in [0.15, 0.2) is 11.5 Å². The normalized spacial score (nSPS) is 20.7. The molecule has 1 N–H and O–H groups in total. The Morgan fingerprint density at radius 1 is 1.18 bits per heavy atom. The second kappa shape index (κ2) is 6.84. The fraction of sp³-hybridized carbons (Fsp3) is 0.647. The Bertz CT molecular complexity index is 514. The summed E-state index contributed by atoms with van der Waals surface area (Å²) in [5, 5.41) is 3.37. The standard InChI is InChI=1S/C17H25FN2O2/c1-21-16-10-13(14(18)11-17(16)22-2)15(9-12-3-4-12)20-7-5-19-6-8-20/h10-12,15,19H,3-9H2,1-2H3/t15-/m1/s1. The zero-order valence-electron chi connectivity index (χ0n) is 13.4. The van der Waals surface area contributed by atoms with Crippen molar-refractivity contribution in [3.05, 3.63) is 23.5 Å². The van der Waals surface area contributed by atoms with Crippen LogP contribution >= 0.6 is 0 Å². The smallest absolute Gasteiger partial charge is 0.163 e. The molecule has 0 unspecified atom stereocenters. The van der Waals surface area contributed by atoms with E-state index in [1.54, 1.807) is 7.11 Å². The van der Waals surface area contributed by atoms with Gasteiger partial charge in [0.1, 0.15) is 5.82 Å². The van der Waals surface area contributed by atoms with Gasteiger partial charge in [-0.3, -0.25) is 4.90 Å². The highest BCUT2D eigenvalue weighted by Gasteiger charge is 2.32. The number of halogens is 1. The van der Waals surface area contributed by atoms with Gasteiger partial charge in [-0.2, -0.15) is 0 Å². The third kappa shape index (κ3) is 3.36. The van der Waals surface area contributed by atoms with Crippen molar-refractivity contribution in [1.29, 1.82) is 0 Å². The van der Waals surface area contributed by atoms with Crippen LogP contribution in [0.15, 0.2) is 12.1 Å². The van der Waals surface area contributed by atoms with Gasteiger partial charge in [0, 0.05) is 43.9 Å². The zero-order chi connectivity index (χ0) is 15.5. The van der Waals surface area contributed by atoms with Crippen molar-refractivity contribution in [2.75, 3.05) is 40.4 Å². The summed E-state index contributed by atoms with van der Waals surface area (Å²) >= 11 is 0. The minimum absolute atomic E-state index is 0.134. The maximum atomic E-state index is 14.7. The molecule has 4 nitrogen and oxygen atoms in total. The van der Waals surface area contributed by atoms with Gasteiger partial charge in [-0.25, -0.2) is 4.39 Å². The van der Waals surface area contributed by atoms with E-state index in [1.165, 1.54) is 26.0 Å². The summed E-state index contributed by atoms with van der Waals surface area (Å²) < 4.78 is 25.2. The molecular weight excluding hydrogens is 283 g/mol. The SMILES string of the molecule is COc1cc(F)c([C@@H](CC2CC2)N2CCNCC2)cc1OC. The number of rotatable bonds is 6. The van der Waals surface area contributed by atoms with Gasteiger partial charge < -0.3 is 14.8 Å². The Morgan fingerprint density at radius 3 is 2.41 bits per heavy atom. The molecule has 0 bridgehead atoms. The van der Waals surface area contributed by atoms with E-state index in [0.29, 0.717) is 11.5 Å². The first kappa shape index (κ1) is 15.6. The first-order valence-corrected chi connectivity index (χ1v) is 8.09. The fourth-order valence-corrected chi connectivity index (χ4v) is 3.26. The average molecular weight is 308 g/mol. The van der Waals surface area contributed by atoms with Crippen LogP contribution in [-0.4, -0.2) is 45.3 Å². The molecule has 5 heteroatoms. The number of methoxy groups -OCH3 is 2. The third-order valence-electron chi connectivity index (χ3n) is 4.71. The lowest BCUT2D eigenvalue weighted by Gasteiger charge is -2.35. The van der Waals surface area contributed by atoms with Crippen LogP contribution in [0.2, 0.25) is 0 Å². The molecule has 1 heterocycles. The Balaban J connectivity index is 1.91.